The zero-order chi connectivity index (χ0) is 19.0. The lowest BCUT2D eigenvalue weighted by Gasteiger charge is -2.20. The number of imidazole rings is 1. The van der Waals surface area contributed by atoms with Gasteiger partial charge in [0.05, 0.1) is 19.1 Å². The molecule has 0 aliphatic rings. The van der Waals surface area contributed by atoms with Gasteiger partial charge in [0.25, 0.3) is 0 Å². The molecule has 0 fully saturated rings. The predicted molar refractivity (Wildman–Crippen MR) is 92.8 cm³/mol. The molecule has 1 rings (SSSR count). The molecule has 0 saturated carbocycles. The summed E-state index contributed by atoms with van der Waals surface area (Å²) in [6.07, 6.45) is 1.06. The lowest BCUT2D eigenvalue weighted by atomic mass is 10.1. The van der Waals surface area contributed by atoms with Gasteiger partial charge in [-0.2, -0.15) is 0 Å². The van der Waals surface area contributed by atoms with Crippen LogP contribution in [0.15, 0.2) is 10.9 Å². The fraction of sp³-hybridized carbons (Fsp3) is 0.600. The highest BCUT2D eigenvalue weighted by Crippen LogP contribution is 2.13. The molecule has 0 bridgehead atoms. The lowest BCUT2D eigenvalue weighted by molar-refractivity contribution is -0.145. The fourth-order valence-electron chi connectivity index (χ4n) is 1.85. The van der Waals surface area contributed by atoms with Gasteiger partial charge < -0.3 is 25.1 Å². The number of aromatic nitrogens is 2. The zero-order valence-electron chi connectivity index (χ0n) is 14.6. The second-order valence-electron chi connectivity index (χ2n) is 6.20. The predicted octanol–water partition coefficient (Wildman–Crippen LogP) is 1.29. The van der Waals surface area contributed by atoms with E-state index in [2.05, 4.69) is 36.5 Å². The maximum absolute atomic E-state index is 12.0. The zero-order valence-corrected chi connectivity index (χ0v) is 16.2. The SMILES string of the molecule is COC(=O)[C@H](Cc1[nH]cnc1Br)NC(=O)CCNC(=O)OC(C)(C)C. The van der Waals surface area contributed by atoms with Gasteiger partial charge in [-0.25, -0.2) is 14.6 Å². The molecule has 0 aliphatic carbocycles. The van der Waals surface area contributed by atoms with Crippen LogP contribution < -0.4 is 10.6 Å². The van der Waals surface area contributed by atoms with Crippen molar-refractivity contribution in [2.75, 3.05) is 13.7 Å². The summed E-state index contributed by atoms with van der Waals surface area (Å²) in [5.74, 6) is -0.975. The van der Waals surface area contributed by atoms with Crippen LogP contribution in [0.5, 0.6) is 0 Å². The summed E-state index contributed by atoms with van der Waals surface area (Å²) in [4.78, 5) is 42.2. The van der Waals surface area contributed by atoms with Crippen LogP contribution in [0.25, 0.3) is 0 Å². The highest BCUT2D eigenvalue weighted by atomic mass is 79.9. The molecule has 0 aromatic carbocycles. The number of aromatic amines is 1. The number of carbonyl (C=O) groups is 3. The van der Waals surface area contributed by atoms with Gasteiger partial charge in [0.2, 0.25) is 5.91 Å². The largest absolute Gasteiger partial charge is 0.467 e. The van der Waals surface area contributed by atoms with Gasteiger partial charge >= 0.3 is 12.1 Å². The molecule has 0 spiro atoms. The number of methoxy groups -OCH3 is 1. The van der Waals surface area contributed by atoms with E-state index in [-0.39, 0.29) is 19.4 Å². The Morgan fingerprint density at radius 3 is 2.56 bits per heavy atom. The summed E-state index contributed by atoms with van der Waals surface area (Å²) in [5.41, 5.74) is 0.0438. The summed E-state index contributed by atoms with van der Waals surface area (Å²) in [5, 5.41) is 5.06. The van der Waals surface area contributed by atoms with Crippen molar-refractivity contribution in [3.05, 3.63) is 16.6 Å². The second-order valence-corrected chi connectivity index (χ2v) is 6.95. The molecule has 9 nitrogen and oxygen atoms in total. The van der Waals surface area contributed by atoms with E-state index >= 15 is 0 Å². The van der Waals surface area contributed by atoms with E-state index < -0.39 is 29.6 Å². The van der Waals surface area contributed by atoms with Crippen molar-refractivity contribution in [2.45, 2.75) is 45.3 Å². The van der Waals surface area contributed by atoms with Gasteiger partial charge in [-0.15, -0.1) is 0 Å². The molecular weight excluding hydrogens is 396 g/mol. The first-order chi connectivity index (χ1) is 11.6. The van der Waals surface area contributed by atoms with Crippen LogP contribution in [0.3, 0.4) is 0 Å². The standard InChI is InChI=1S/C15H23BrN4O5/c1-15(2,3)25-14(23)17-6-5-11(21)20-10(13(22)24-4)7-9-12(16)19-8-18-9/h8,10H,5-7H2,1-4H3,(H,17,23)(H,18,19)(H,20,21)/t10-/m0/s1. The lowest BCUT2D eigenvalue weighted by Crippen LogP contribution is -2.44. The van der Waals surface area contributed by atoms with Crippen LogP contribution in [0, 0.1) is 0 Å². The molecule has 1 aromatic heterocycles. The van der Waals surface area contributed by atoms with Crippen molar-refractivity contribution in [3.63, 3.8) is 0 Å². The Morgan fingerprint density at radius 2 is 2.04 bits per heavy atom. The Hall–Kier alpha value is -2.10. The Bertz CT molecular complexity index is 611. The number of nitrogens with zero attached hydrogens (tertiary/aromatic N) is 1. The van der Waals surface area contributed by atoms with Crippen LogP contribution in [-0.4, -0.2) is 53.2 Å². The smallest absolute Gasteiger partial charge is 0.407 e. The maximum atomic E-state index is 12.0. The number of carbonyl (C=O) groups excluding carboxylic acids is 3. The highest BCUT2D eigenvalue weighted by molar-refractivity contribution is 9.10. The summed E-state index contributed by atoms with van der Waals surface area (Å²) in [6.45, 7) is 5.32. The molecule has 1 atom stereocenters. The van der Waals surface area contributed by atoms with Crippen molar-refractivity contribution in [1.82, 2.24) is 20.6 Å². The van der Waals surface area contributed by atoms with Gasteiger partial charge in [-0.05, 0) is 36.7 Å². The normalized spacial score (nSPS) is 12.2. The number of esters is 1. The van der Waals surface area contributed by atoms with Crippen LogP contribution in [0.1, 0.15) is 32.9 Å². The van der Waals surface area contributed by atoms with Gasteiger partial charge in [0.15, 0.2) is 0 Å². The first kappa shape index (κ1) is 20.9. The molecule has 25 heavy (non-hydrogen) atoms. The number of hydrogen-bond acceptors (Lipinski definition) is 6. The number of hydrogen-bond donors (Lipinski definition) is 3. The molecule has 0 radical (unpaired) electrons. The molecule has 2 amide bonds. The van der Waals surface area contributed by atoms with Crippen molar-refractivity contribution < 1.29 is 23.9 Å². The summed E-state index contributed by atoms with van der Waals surface area (Å²) < 4.78 is 10.3. The minimum atomic E-state index is -0.865. The number of alkyl carbamates (subject to hydrolysis) is 1. The summed E-state index contributed by atoms with van der Waals surface area (Å²) >= 11 is 3.25. The Labute approximate surface area is 154 Å². The van der Waals surface area contributed by atoms with Crippen molar-refractivity contribution >= 4 is 33.9 Å². The van der Waals surface area contributed by atoms with Crippen molar-refractivity contribution in [1.29, 1.82) is 0 Å². The third-order valence-corrected chi connectivity index (χ3v) is 3.60. The van der Waals surface area contributed by atoms with Gasteiger partial charge in [0.1, 0.15) is 16.2 Å². The molecule has 140 valence electrons. The summed E-state index contributed by atoms with van der Waals surface area (Å²) in [7, 11) is 1.24. The number of nitrogens with one attached hydrogen (secondary N) is 3. The van der Waals surface area contributed by atoms with Crippen LogP contribution in [0.4, 0.5) is 4.79 Å². The van der Waals surface area contributed by atoms with Crippen LogP contribution >= 0.6 is 15.9 Å². The number of rotatable bonds is 7. The van der Waals surface area contributed by atoms with Crippen LogP contribution in [-0.2, 0) is 25.5 Å². The van der Waals surface area contributed by atoms with Crippen molar-refractivity contribution in [2.24, 2.45) is 0 Å². The van der Waals surface area contributed by atoms with Gasteiger partial charge in [-0.3, -0.25) is 4.79 Å². The van der Waals surface area contributed by atoms with E-state index in [9.17, 15) is 14.4 Å². The number of ether oxygens (including phenoxy) is 2. The molecular formula is C15H23BrN4O5. The third kappa shape index (κ3) is 8.01. The first-order valence-electron chi connectivity index (χ1n) is 7.64. The highest BCUT2D eigenvalue weighted by Gasteiger charge is 2.24. The van der Waals surface area contributed by atoms with E-state index in [1.807, 2.05) is 0 Å². The van der Waals surface area contributed by atoms with Gasteiger partial charge in [-0.1, -0.05) is 0 Å². The van der Waals surface area contributed by atoms with E-state index in [0.29, 0.717) is 10.3 Å². The molecule has 1 heterocycles. The Balaban J connectivity index is 2.49. The second kappa shape index (κ2) is 9.40. The number of H-pyrrole nitrogens is 1. The number of amides is 2. The first-order valence-corrected chi connectivity index (χ1v) is 8.43. The monoisotopic (exact) mass is 418 g/mol. The van der Waals surface area contributed by atoms with E-state index in [4.69, 9.17) is 9.47 Å². The average molecular weight is 419 g/mol. The molecule has 0 unspecified atom stereocenters. The average Bonchev–Trinajstić information content (AvgIpc) is 2.89. The topological polar surface area (TPSA) is 122 Å². The molecule has 10 heteroatoms. The van der Waals surface area contributed by atoms with E-state index in [0.717, 1.165) is 0 Å². The van der Waals surface area contributed by atoms with Crippen molar-refractivity contribution in [3.8, 4) is 0 Å². The number of halogens is 1. The fourth-order valence-corrected chi connectivity index (χ4v) is 2.22. The molecule has 3 N–H and O–H groups in total. The molecule has 1 aromatic rings. The van der Waals surface area contributed by atoms with Crippen LogP contribution in [0.2, 0.25) is 0 Å². The quantitative estimate of drug-likeness (QED) is 0.573. The van der Waals surface area contributed by atoms with E-state index in [1.165, 1.54) is 13.4 Å². The minimum Gasteiger partial charge on any atom is -0.467 e. The maximum Gasteiger partial charge on any atom is 0.407 e. The Morgan fingerprint density at radius 1 is 1.36 bits per heavy atom. The summed E-state index contributed by atoms with van der Waals surface area (Å²) in [6, 6.07) is -0.865. The molecule has 0 saturated heterocycles. The van der Waals surface area contributed by atoms with Gasteiger partial charge in [0, 0.05) is 19.4 Å². The minimum absolute atomic E-state index is 0.00309. The third-order valence-electron chi connectivity index (χ3n) is 2.92. The molecule has 0 aliphatic heterocycles. The Kier molecular flexibility index (Phi) is 7.88. The van der Waals surface area contributed by atoms with E-state index in [1.54, 1.807) is 20.8 Å².